The number of benzene rings is 8. The minimum atomic E-state index is -0.125. The van der Waals surface area contributed by atoms with Crippen LogP contribution in [0.25, 0.3) is 55.3 Å². The Labute approximate surface area is 319 Å². The molecular formula is C53H43N. The summed E-state index contributed by atoms with van der Waals surface area (Å²) in [7, 11) is 0. The van der Waals surface area contributed by atoms with Crippen LogP contribution in [0.4, 0.5) is 17.1 Å². The molecule has 0 radical (unpaired) electrons. The lowest BCUT2D eigenvalue weighted by atomic mass is 9.75. The van der Waals surface area contributed by atoms with Gasteiger partial charge in [-0.25, -0.2) is 0 Å². The highest BCUT2D eigenvalue weighted by Gasteiger charge is 2.38. The number of hydrogen-bond donors (Lipinski definition) is 0. The Hall–Kier alpha value is -6.44. The van der Waals surface area contributed by atoms with Gasteiger partial charge in [-0.1, -0.05) is 159 Å². The first-order valence-electron chi connectivity index (χ1n) is 18.9. The topological polar surface area (TPSA) is 3.24 Å². The lowest BCUT2D eigenvalue weighted by Gasteiger charge is -2.28. The molecule has 0 saturated heterocycles. The van der Waals surface area contributed by atoms with Gasteiger partial charge in [-0.15, -0.1) is 0 Å². The molecule has 0 fully saturated rings. The van der Waals surface area contributed by atoms with Crippen LogP contribution < -0.4 is 4.90 Å². The van der Waals surface area contributed by atoms with E-state index in [-0.39, 0.29) is 5.41 Å². The van der Waals surface area contributed by atoms with Crippen LogP contribution in [0.5, 0.6) is 0 Å². The van der Waals surface area contributed by atoms with Crippen molar-refractivity contribution in [1.29, 1.82) is 0 Å². The second-order valence-corrected chi connectivity index (χ2v) is 15.1. The molecule has 1 aliphatic carbocycles. The standard InChI is InChI=1S/C53H43N/c1-36-19-20-44(35-50(36)51-37(2)48-34-27-43-17-11-12-18-49(43)52(48)53(51,3)4)42-25-32-47(33-26-42)54(45-28-21-40(22-29-45)38-13-7-5-8-14-38)46-30-23-41(24-31-46)39-15-9-6-10-16-39/h5-35H,1-4H3. The van der Waals surface area contributed by atoms with Crippen LogP contribution in [0.1, 0.15) is 43.0 Å². The van der Waals surface area contributed by atoms with Gasteiger partial charge in [0.05, 0.1) is 0 Å². The van der Waals surface area contributed by atoms with E-state index in [4.69, 9.17) is 0 Å². The van der Waals surface area contributed by atoms with E-state index in [9.17, 15) is 0 Å². The predicted molar refractivity (Wildman–Crippen MR) is 232 cm³/mol. The van der Waals surface area contributed by atoms with Gasteiger partial charge in [0.2, 0.25) is 0 Å². The van der Waals surface area contributed by atoms with E-state index in [1.54, 1.807) is 0 Å². The SMILES string of the molecule is CC1=C(c2cc(-c3ccc(N(c4ccc(-c5ccccc5)cc4)c4ccc(-c5ccccc5)cc4)cc3)ccc2C)C(C)(C)c2c1ccc1ccccc21. The average molecular weight is 694 g/mol. The van der Waals surface area contributed by atoms with Crippen molar-refractivity contribution in [3.63, 3.8) is 0 Å². The van der Waals surface area contributed by atoms with Gasteiger partial charge in [0.15, 0.2) is 0 Å². The zero-order valence-corrected chi connectivity index (χ0v) is 31.3. The molecule has 0 atom stereocenters. The summed E-state index contributed by atoms with van der Waals surface area (Å²) in [4.78, 5) is 2.35. The second-order valence-electron chi connectivity index (χ2n) is 15.1. The molecule has 1 nitrogen and oxygen atoms in total. The monoisotopic (exact) mass is 693 g/mol. The Morgan fingerprint density at radius 2 is 0.833 bits per heavy atom. The Kier molecular flexibility index (Phi) is 8.36. The van der Waals surface area contributed by atoms with E-state index in [1.165, 1.54) is 77.6 Å². The summed E-state index contributed by atoms with van der Waals surface area (Å²) in [6, 6.07) is 68.5. The van der Waals surface area contributed by atoms with Gasteiger partial charge in [0, 0.05) is 22.5 Å². The molecule has 0 N–H and O–H groups in total. The zero-order chi connectivity index (χ0) is 36.8. The Bertz CT molecular complexity index is 2560. The summed E-state index contributed by atoms with van der Waals surface area (Å²) in [5.74, 6) is 0. The van der Waals surface area contributed by atoms with Crippen LogP contribution in [0, 0.1) is 6.92 Å². The van der Waals surface area contributed by atoms with Gasteiger partial charge in [0.1, 0.15) is 0 Å². The molecule has 54 heavy (non-hydrogen) atoms. The Balaban J connectivity index is 1.08. The first kappa shape index (κ1) is 33.4. The minimum absolute atomic E-state index is 0.125. The number of fused-ring (bicyclic) bond motifs is 3. The first-order valence-corrected chi connectivity index (χ1v) is 18.9. The molecule has 0 aliphatic heterocycles. The van der Waals surface area contributed by atoms with E-state index in [0.717, 1.165) is 17.1 Å². The molecule has 0 amide bonds. The Morgan fingerprint density at radius 1 is 0.389 bits per heavy atom. The van der Waals surface area contributed by atoms with Crippen molar-refractivity contribution >= 4 is 39.0 Å². The third-order valence-electron chi connectivity index (χ3n) is 11.4. The molecule has 0 aromatic heterocycles. The molecule has 0 unspecified atom stereocenters. The third-order valence-corrected chi connectivity index (χ3v) is 11.4. The number of allylic oxidation sites excluding steroid dienone is 2. The maximum atomic E-state index is 2.42. The molecule has 0 saturated carbocycles. The largest absolute Gasteiger partial charge is 0.311 e. The highest BCUT2D eigenvalue weighted by atomic mass is 15.1. The van der Waals surface area contributed by atoms with Crippen LogP contribution >= 0.6 is 0 Å². The molecular weight excluding hydrogens is 651 g/mol. The van der Waals surface area contributed by atoms with Crippen LogP contribution in [-0.4, -0.2) is 0 Å². The molecule has 9 rings (SSSR count). The fourth-order valence-corrected chi connectivity index (χ4v) is 8.71. The van der Waals surface area contributed by atoms with Crippen LogP contribution in [-0.2, 0) is 5.41 Å². The zero-order valence-electron chi connectivity index (χ0n) is 31.3. The minimum Gasteiger partial charge on any atom is -0.311 e. The van der Waals surface area contributed by atoms with Crippen LogP contribution in [0.2, 0.25) is 0 Å². The van der Waals surface area contributed by atoms with Gasteiger partial charge >= 0.3 is 0 Å². The highest BCUT2D eigenvalue weighted by Crippen LogP contribution is 2.54. The van der Waals surface area contributed by atoms with Gasteiger partial charge in [0.25, 0.3) is 0 Å². The maximum Gasteiger partial charge on any atom is 0.0462 e. The lowest BCUT2D eigenvalue weighted by Crippen LogP contribution is -2.17. The number of nitrogens with zero attached hydrogens (tertiary/aromatic N) is 1. The summed E-state index contributed by atoms with van der Waals surface area (Å²) in [6.45, 7) is 9.37. The normalized spacial score (nSPS) is 13.3. The predicted octanol–water partition coefficient (Wildman–Crippen LogP) is 14.8. The molecule has 260 valence electrons. The molecule has 0 spiro atoms. The number of aryl methyl sites for hydroxylation is 1. The van der Waals surface area contributed by atoms with Crippen molar-refractivity contribution in [2.45, 2.75) is 33.1 Å². The van der Waals surface area contributed by atoms with E-state index in [2.05, 4.69) is 221 Å². The fraction of sp³-hybridized carbons (Fsp3) is 0.0943. The summed E-state index contributed by atoms with van der Waals surface area (Å²) in [6.07, 6.45) is 0. The van der Waals surface area contributed by atoms with Crippen LogP contribution in [0.3, 0.4) is 0 Å². The van der Waals surface area contributed by atoms with Crippen molar-refractivity contribution in [3.05, 3.63) is 210 Å². The van der Waals surface area contributed by atoms with Crippen molar-refractivity contribution in [3.8, 4) is 33.4 Å². The maximum absolute atomic E-state index is 2.42. The van der Waals surface area contributed by atoms with Gasteiger partial charge < -0.3 is 4.90 Å². The number of hydrogen-bond acceptors (Lipinski definition) is 1. The summed E-state index contributed by atoms with van der Waals surface area (Å²) < 4.78 is 0. The van der Waals surface area contributed by atoms with E-state index >= 15 is 0 Å². The van der Waals surface area contributed by atoms with Crippen molar-refractivity contribution < 1.29 is 0 Å². The van der Waals surface area contributed by atoms with Crippen molar-refractivity contribution in [2.75, 3.05) is 4.90 Å². The first-order chi connectivity index (χ1) is 26.4. The molecule has 8 aromatic carbocycles. The number of rotatable bonds is 7. The highest BCUT2D eigenvalue weighted by molar-refractivity contribution is 6.07. The van der Waals surface area contributed by atoms with E-state index < -0.39 is 0 Å². The molecule has 1 aliphatic rings. The summed E-state index contributed by atoms with van der Waals surface area (Å²) in [5.41, 5.74) is 18.7. The van der Waals surface area contributed by atoms with Crippen molar-refractivity contribution in [1.82, 2.24) is 0 Å². The molecule has 8 aromatic rings. The molecule has 1 heteroatoms. The Morgan fingerprint density at radius 3 is 1.37 bits per heavy atom. The summed E-state index contributed by atoms with van der Waals surface area (Å²) >= 11 is 0. The fourth-order valence-electron chi connectivity index (χ4n) is 8.71. The second kappa shape index (κ2) is 13.5. The van der Waals surface area contributed by atoms with Gasteiger partial charge in [-0.3, -0.25) is 0 Å². The number of anilines is 3. The smallest absolute Gasteiger partial charge is 0.0462 e. The average Bonchev–Trinajstić information content (AvgIpc) is 3.43. The van der Waals surface area contributed by atoms with Crippen LogP contribution in [0.15, 0.2) is 188 Å². The van der Waals surface area contributed by atoms with Gasteiger partial charge in [-0.05, 0) is 134 Å². The molecule has 0 heterocycles. The quantitative estimate of drug-likeness (QED) is 0.161. The summed E-state index contributed by atoms with van der Waals surface area (Å²) in [5, 5.41) is 2.66. The van der Waals surface area contributed by atoms with Gasteiger partial charge in [-0.2, -0.15) is 0 Å². The van der Waals surface area contributed by atoms with E-state index in [0.29, 0.717) is 0 Å². The van der Waals surface area contributed by atoms with E-state index in [1.807, 2.05) is 0 Å². The molecule has 0 bridgehead atoms. The van der Waals surface area contributed by atoms with Crippen molar-refractivity contribution in [2.24, 2.45) is 0 Å². The third kappa shape index (κ3) is 5.83. The lowest BCUT2D eigenvalue weighted by molar-refractivity contribution is 0.710.